The number of nitrogens with one attached hydrogen (secondary N) is 1. The zero-order valence-electron chi connectivity index (χ0n) is 15.5. The van der Waals surface area contributed by atoms with Crippen molar-refractivity contribution in [1.82, 2.24) is 10.2 Å². The normalized spacial score (nSPS) is 13.5. The van der Waals surface area contributed by atoms with Gasteiger partial charge in [0.1, 0.15) is 5.60 Å². The van der Waals surface area contributed by atoms with Gasteiger partial charge in [0, 0.05) is 25.1 Å². The summed E-state index contributed by atoms with van der Waals surface area (Å²) in [7, 11) is 3.96. The summed E-state index contributed by atoms with van der Waals surface area (Å²) >= 11 is 3.60. The first-order chi connectivity index (χ1) is 10.6. The molecule has 0 rings (SSSR count). The van der Waals surface area contributed by atoms with Crippen molar-refractivity contribution < 1.29 is 14.3 Å². The standard InChI is InChI=1S/C17H31BrN2O3/c1-8-13(2)11-14(18)15(20(6)7)12-22-10-9-19-16(21)23-17(3,4)5/h11H,8-10,12H2,1-7H3,(H,19,21)/b13-11?,15-14+. The van der Waals surface area contributed by atoms with Gasteiger partial charge in [0.25, 0.3) is 0 Å². The largest absolute Gasteiger partial charge is 0.444 e. The molecule has 0 aromatic rings. The third-order valence-corrected chi connectivity index (χ3v) is 3.59. The number of carbonyl (C=O) groups excluding carboxylic acids is 1. The molecular formula is C17H31BrN2O3. The summed E-state index contributed by atoms with van der Waals surface area (Å²) in [6.45, 7) is 11.0. The third-order valence-electron chi connectivity index (χ3n) is 2.90. The number of halogens is 1. The van der Waals surface area contributed by atoms with Crippen molar-refractivity contribution in [2.45, 2.75) is 46.6 Å². The Morgan fingerprint density at radius 1 is 1.30 bits per heavy atom. The summed E-state index contributed by atoms with van der Waals surface area (Å²) in [5, 5.41) is 2.67. The fourth-order valence-electron chi connectivity index (χ4n) is 1.52. The lowest BCUT2D eigenvalue weighted by Gasteiger charge is -2.20. The summed E-state index contributed by atoms with van der Waals surface area (Å²) in [4.78, 5) is 13.5. The maximum Gasteiger partial charge on any atom is 0.407 e. The second-order valence-corrected chi connectivity index (χ2v) is 7.37. The van der Waals surface area contributed by atoms with E-state index in [0.29, 0.717) is 19.8 Å². The van der Waals surface area contributed by atoms with E-state index >= 15 is 0 Å². The number of carbonyl (C=O) groups is 1. The van der Waals surface area contributed by atoms with E-state index in [4.69, 9.17) is 9.47 Å². The molecule has 6 heteroatoms. The Labute approximate surface area is 149 Å². The molecule has 0 aromatic carbocycles. The van der Waals surface area contributed by atoms with Gasteiger partial charge in [-0.1, -0.05) is 12.5 Å². The van der Waals surface area contributed by atoms with Crippen molar-refractivity contribution in [3.8, 4) is 0 Å². The molecule has 0 aliphatic rings. The maximum atomic E-state index is 11.5. The van der Waals surface area contributed by atoms with Gasteiger partial charge in [-0.3, -0.25) is 0 Å². The lowest BCUT2D eigenvalue weighted by Crippen LogP contribution is -2.34. The topological polar surface area (TPSA) is 50.8 Å². The van der Waals surface area contributed by atoms with Gasteiger partial charge in [0.2, 0.25) is 0 Å². The van der Waals surface area contributed by atoms with E-state index in [-0.39, 0.29) is 0 Å². The monoisotopic (exact) mass is 390 g/mol. The van der Waals surface area contributed by atoms with Gasteiger partial charge in [-0.2, -0.15) is 0 Å². The zero-order valence-corrected chi connectivity index (χ0v) is 17.0. The Morgan fingerprint density at radius 3 is 2.39 bits per heavy atom. The molecule has 0 heterocycles. The molecule has 1 N–H and O–H groups in total. The van der Waals surface area contributed by atoms with E-state index in [2.05, 4.69) is 41.2 Å². The summed E-state index contributed by atoms with van der Waals surface area (Å²) in [6.07, 6.45) is 2.70. The number of hydrogen-bond acceptors (Lipinski definition) is 4. The predicted octanol–water partition coefficient (Wildman–Crippen LogP) is 4.05. The second kappa shape index (κ2) is 10.7. The predicted molar refractivity (Wildman–Crippen MR) is 98.7 cm³/mol. The van der Waals surface area contributed by atoms with Crippen LogP contribution in [0.1, 0.15) is 41.0 Å². The Balaban J connectivity index is 4.32. The number of nitrogens with zero attached hydrogens (tertiary/aromatic N) is 1. The lowest BCUT2D eigenvalue weighted by atomic mass is 10.2. The van der Waals surface area contributed by atoms with Crippen LogP contribution in [-0.4, -0.2) is 50.4 Å². The highest BCUT2D eigenvalue weighted by Gasteiger charge is 2.15. The van der Waals surface area contributed by atoms with E-state index in [9.17, 15) is 4.79 Å². The molecule has 1 amide bonds. The lowest BCUT2D eigenvalue weighted by molar-refractivity contribution is 0.0502. The van der Waals surface area contributed by atoms with Crippen LogP contribution in [0.15, 0.2) is 21.8 Å². The molecular weight excluding hydrogens is 360 g/mol. The molecule has 134 valence electrons. The average molecular weight is 391 g/mol. The van der Waals surface area contributed by atoms with Crippen molar-refractivity contribution in [1.29, 1.82) is 0 Å². The van der Waals surface area contributed by atoms with Crippen molar-refractivity contribution in [3.05, 3.63) is 21.8 Å². The molecule has 0 radical (unpaired) electrons. The van der Waals surface area contributed by atoms with Crippen molar-refractivity contribution in [2.75, 3.05) is 33.9 Å². The van der Waals surface area contributed by atoms with Crippen LogP contribution in [0.3, 0.4) is 0 Å². The van der Waals surface area contributed by atoms with E-state index in [1.807, 2.05) is 39.8 Å². The molecule has 0 bridgehead atoms. The van der Waals surface area contributed by atoms with Crippen molar-refractivity contribution >= 4 is 22.0 Å². The van der Waals surface area contributed by atoms with Gasteiger partial charge in [-0.25, -0.2) is 4.79 Å². The van der Waals surface area contributed by atoms with Crippen molar-refractivity contribution in [2.24, 2.45) is 0 Å². The molecule has 0 aliphatic heterocycles. The SMILES string of the molecule is CCC(C)=C/C(Br)=C(/COCCNC(=O)OC(C)(C)C)N(C)C. The third kappa shape index (κ3) is 11.2. The van der Waals surface area contributed by atoms with Gasteiger partial charge in [-0.15, -0.1) is 0 Å². The fraction of sp³-hybridized carbons (Fsp3) is 0.706. The van der Waals surface area contributed by atoms with E-state index in [1.54, 1.807) is 0 Å². The Hall–Kier alpha value is -1.01. The molecule has 5 nitrogen and oxygen atoms in total. The number of likely N-dealkylation sites (N-methyl/N-ethyl adjacent to an activating group) is 1. The second-order valence-electron chi connectivity index (χ2n) is 6.51. The molecule has 0 spiro atoms. The number of rotatable bonds is 8. The first-order valence-corrected chi connectivity index (χ1v) is 8.63. The Kier molecular flexibility index (Phi) is 10.2. The van der Waals surface area contributed by atoms with E-state index in [1.165, 1.54) is 5.57 Å². The van der Waals surface area contributed by atoms with Crippen LogP contribution in [0.4, 0.5) is 4.79 Å². The Morgan fingerprint density at radius 2 is 1.91 bits per heavy atom. The quantitative estimate of drug-likeness (QED) is 0.501. The minimum atomic E-state index is -0.486. The van der Waals surface area contributed by atoms with E-state index < -0.39 is 11.7 Å². The first kappa shape index (κ1) is 22.0. The van der Waals surface area contributed by atoms with Crippen LogP contribution in [0.5, 0.6) is 0 Å². The molecule has 0 unspecified atom stereocenters. The van der Waals surface area contributed by atoms with Crippen LogP contribution in [-0.2, 0) is 9.47 Å². The number of amides is 1. The fourth-order valence-corrected chi connectivity index (χ4v) is 2.38. The minimum absolute atomic E-state index is 0.414. The Bertz CT molecular complexity index is 438. The minimum Gasteiger partial charge on any atom is -0.444 e. The highest BCUT2D eigenvalue weighted by atomic mass is 79.9. The molecule has 0 saturated heterocycles. The smallest absolute Gasteiger partial charge is 0.407 e. The number of hydrogen-bond donors (Lipinski definition) is 1. The highest BCUT2D eigenvalue weighted by molar-refractivity contribution is 9.11. The molecule has 23 heavy (non-hydrogen) atoms. The zero-order chi connectivity index (χ0) is 18.0. The summed E-state index contributed by atoms with van der Waals surface area (Å²) in [5.41, 5.74) is 1.86. The summed E-state index contributed by atoms with van der Waals surface area (Å²) in [5.74, 6) is 0. The van der Waals surface area contributed by atoms with Crippen LogP contribution in [0.2, 0.25) is 0 Å². The highest BCUT2D eigenvalue weighted by Crippen LogP contribution is 2.19. The molecule has 0 saturated carbocycles. The van der Waals surface area contributed by atoms with Gasteiger partial charge >= 0.3 is 6.09 Å². The van der Waals surface area contributed by atoms with Crippen LogP contribution < -0.4 is 5.32 Å². The van der Waals surface area contributed by atoms with E-state index in [0.717, 1.165) is 16.6 Å². The number of alkyl carbamates (subject to hydrolysis) is 1. The summed E-state index contributed by atoms with van der Waals surface area (Å²) < 4.78 is 11.8. The van der Waals surface area contributed by atoms with Crippen LogP contribution in [0.25, 0.3) is 0 Å². The number of allylic oxidation sites excluding steroid dienone is 3. The van der Waals surface area contributed by atoms with Gasteiger partial charge in [-0.05, 0) is 56.1 Å². The number of ether oxygens (including phenoxy) is 2. The molecule has 0 aliphatic carbocycles. The van der Waals surface area contributed by atoms with Gasteiger partial charge in [0.15, 0.2) is 0 Å². The van der Waals surface area contributed by atoms with Gasteiger partial charge in [0.05, 0.1) is 18.9 Å². The summed E-state index contributed by atoms with van der Waals surface area (Å²) in [6, 6.07) is 0. The maximum absolute atomic E-state index is 11.5. The van der Waals surface area contributed by atoms with Gasteiger partial charge < -0.3 is 19.7 Å². The van der Waals surface area contributed by atoms with Crippen molar-refractivity contribution in [3.63, 3.8) is 0 Å². The van der Waals surface area contributed by atoms with Crippen LogP contribution >= 0.6 is 15.9 Å². The average Bonchev–Trinajstić information content (AvgIpc) is 2.39. The molecule has 0 aromatic heterocycles. The molecule has 0 fully saturated rings. The molecule has 0 atom stereocenters. The van der Waals surface area contributed by atoms with Crippen LogP contribution in [0, 0.1) is 0 Å². The first-order valence-electron chi connectivity index (χ1n) is 7.84.